The van der Waals surface area contributed by atoms with Crippen LogP contribution in [0.1, 0.15) is 34.0 Å². The molecule has 0 spiro atoms. The number of aryl methyl sites for hydroxylation is 1. The highest BCUT2D eigenvalue weighted by atomic mass is 32.2. The van der Waals surface area contributed by atoms with Crippen molar-refractivity contribution < 1.29 is 9.59 Å². The van der Waals surface area contributed by atoms with E-state index in [0.29, 0.717) is 5.56 Å². The Labute approximate surface area is 146 Å². The number of carbonyl (C=O) groups is 2. The van der Waals surface area contributed by atoms with Crippen LogP contribution in [0.4, 0.5) is 0 Å². The fourth-order valence-corrected chi connectivity index (χ4v) is 3.66. The Balaban J connectivity index is 1.84. The van der Waals surface area contributed by atoms with Crippen LogP contribution < -0.4 is 0 Å². The summed E-state index contributed by atoms with van der Waals surface area (Å²) in [4.78, 5) is 22.8. The molecule has 0 bridgehead atoms. The molecular weight excluding hydrogens is 324 g/mol. The van der Waals surface area contributed by atoms with Crippen LogP contribution in [0.2, 0.25) is 0 Å². The molecule has 0 saturated carbocycles. The highest BCUT2D eigenvalue weighted by molar-refractivity contribution is 8.14. The molecule has 0 atom stereocenters. The first-order valence-corrected chi connectivity index (χ1v) is 9.58. The maximum Gasteiger partial charge on any atom is 0.186 e. The van der Waals surface area contributed by atoms with Crippen molar-refractivity contribution in [1.82, 2.24) is 0 Å². The zero-order chi connectivity index (χ0) is 16.7. The number of ketones is 1. The summed E-state index contributed by atoms with van der Waals surface area (Å²) < 4.78 is 0. The van der Waals surface area contributed by atoms with E-state index in [-0.39, 0.29) is 16.7 Å². The third-order valence-electron chi connectivity index (χ3n) is 3.47. The van der Waals surface area contributed by atoms with Crippen LogP contribution in [0.3, 0.4) is 0 Å². The van der Waals surface area contributed by atoms with Crippen LogP contribution in [-0.2, 0) is 16.3 Å². The molecule has 0 radical (unpaired) electrons. The molecule has 0 unspecified atom stereocenters. The number of carbonyl (C=O) groups excluding carboxylic acids is 2. The first-order valence-electron chi connectivity index (χ1n) is 7.44. The van der Waals surface area contributed by atoms with Crippen molar-refractivity contribution in [2.45, 2.75) is 25.4 Å². The van der Waals surface area contributed by atoms with E-state index in [0.717, 1.165) is 23.3 Å². The van der Waals surface area contributed by atoms with Gasteiger partial charge in [-0.2, -0.15) is 11.8 Å². The predicted octanol–water partition coefficient (Wildman–Crippen LogP) is 4.89. The van der Waals surface area contributed by atoms with E-state index >= 15 is 0 Å². The average Bonchev–Trinajstić information content (AvgIpc) is 2.55. The topological polar surface area (TPSA) is 34.1 Å². The minimum Gasteiger partial charge on any atom is -0.293 e. The lowest BCUT2D eigenvalue weighted by molar-refractivity contribution is -0.109. The Bertz CT molecular complexity index is 678. The van der Waals surface area contributed by atoms with E-state index in [1.807, 2.05) is 36.0 Å². The zero-order valence-corrected chi connectivity index (χ0v) is 15.0. The number of rotatable bonds is 7. The molecule has 0 saturated heterocycles. The third-order valence-corrected chi connectivity index (χ3v) is 5.34. The third kappa shape index (κ3) is 5.88. The van der Waals surface area contributed by atoms with Gasteiger partial charge in [0.1, 0.15) is 0 Å². The van der Waals surface area contributed by atoms with Gasteiger partial charge in [0.25, 0.3) is 0 Å². The molecule has 2 rings (SSSR count). The summed E-state index contributed by atoms with van der Waals surface area (Å²) >= 11 is 2.93. The SMILES string of the molecule is CC(=O)SCC(=O)c1ccc(CSCc2ccccc2C)cc1. The summed E-state index contributed by atoms with van der Waals surface area (Å²) in [5.74, 6) is 2.13. The van der Waals surface area contributed by atoms with Crippen molar-refractivity contribution in [1.29, 1.82) is 0 Å². The van der Waals surface area contributed by atoms with Crippen molar-refractivity contribution in [3.63, 3.8) is 0 Å². The van der Waals surface area contributed by atoms with Crippen LogP contribution in [-0.4, -0.2) is 16.7 Å². The maximum atomic E-state index is 11.9. The molecule has 2 nitrogen and oxygen atoms in total. The maximum absolute atomic E-state index is 11.9. The lowest BCUT2D eigenvalue weighted by Crippen LogP contribution is -2.04. The van der Waals surface area contributed by atoms with E-state index in [9.17, 15) is 9.59 Å². The molecule has 2 aromatic carbocycles. The number of benzene rings is 2. The first-order chi connectivity index (χ1) is 11.1. The zero-order valence-electron chi connectivity index (χ0n) is 13.4. The van der Waals surface area contributed by atoms with Gasteiger partial charge in [-0.25, -0.2) is 0 Å². The van der Waals surface area contributed by atoms with Gasteiger partial charge in [-0.3, -0.25) is 9.59 Å². The van der Waals surface area contributed by atoms with E-state index < -0.39 is 0 Å². The smallest absolute Gasteiger partial charge is 0.186 e. The van der Waals surface area contributed by atoms with Crippen molar-refractivity contribution in [3.8, 4) is 0 Å². The predicted molar refractivity (Wildman–Crippen MR) is 100 cm³/mol. The summed E-state index contributed by atoms with van der Waals surface area (Å²) in [7, 11) is 0. The van der Waals surface area contributed by atoms with Crippen LogP contribution >= 0.6 is 23.5 Å². The Kier molecular flexibility index (Phi) is 6.93. The highest BCUT2D eigenvalue weighted by Gasteiger charge is 2.07. The molecule has 0 N–H and O–H groups in total. The standard InChI is InChI=1S/C19H20O2S2/c1-14-5-3-4-6-18(14)12-22-11-16-7-9-17(10-8-16)19(21)13-23-15(2)20/h3-10H,11-13H2,1-2H3. The Morgan fingerprint density at radius 2 is 1.65 bits per heavy atom. The number of hydrogen-bond donors (Lipinski definition) is 0. The minimum atomic E-state index is -0.0254. The van der Waals surface area contributed by atoms with Gasteiger partial charge in [0, 0.05) is 24.0 Å². The fraction of sp³-hybridized carbons (Fsp3) is 0.263. The van der Waals surface area contributed by atoms with Crippen molar-refractivity contribution in [3.05, 3.63) is 70.8 Å². The molecule has 0 heterocycles. The summed E-state index contributed by atoms with van der Waals surface area (Å²) in [5, 5.41) is -0.0254. The van der Waals surface area contributed by atoms with Gasteiger partial charge in [-0.15, -0.1) is 0 Å². The van der Waals surface area contributed by atoms with Crippen LogP contribution in [0.15, 0.2) is 48.5 Å². The number of hydrogen-bond acceptors (Lipinski definition) is 4. The first kappa shape index (κ1) is 17.8. The Morgan fingerprint density at radius 3 is 2.30 bits per heavy atom. The van der Waals surface area contributed by atoms with Crippen molar-refractivity contribution in [2.75, 3.05) is 5.75 Å². The van der Waals surface area contributed by atoms with E-state index in [1.54, 1.807) is 0 Å². The lowest BCUT2D eigenvalue weighted by Gasteiger charge is -2.06. The molecule has 0 aliphatic carbocycles. The second-order valence-electron chi connectivity index (χ2n) is 5.32. The van der Waals surface area contributed by atoms with Gasteiger partial charge in [-0.05, 0) is 23.6 Å². The Morgan fingerprint density at radius 1 is 0.957 bits per heavy atom. The molecule has 0 aliphatic rings. The van der Waals surface area contributed by atoms with Gasteiger partial charge >= 0.3 is 0 Å². The number of Topliss-reactive ketones (excluding diaryl/α,β-unsaturated/α-hetero) is 1. The van der Waals surface area contributed by atoms with E-state index in [1.165, 1.54) is 23.6 Å². The molecule has 4 heteroatoms. The molecular formula is C19H20O2S2. The van der Waals surface area contributed by atoms with Crippen molar-refractivity contribution in [2.24, 2.45) is 0 Å². The summed E-state index contributed by atoms with van der Waals surface area (Å²) in [6.07, 6.45) is 0. The molecule has 0 fully saturated rings. The number of thioether (sulfide) groups is 2. The van der Waals surface area contributed by atoms with Crippen molar-refractivity contribution >= 4 is 34.4 Å². The monoisotopic (exact) mass is 344 g/mol. The van der Waals surface area contributed by atoms with Crippen LogP contribution in [0.5, 0.6) is 0 Å². The lowest BCUT2D eigenvalue weighted by atomic mass is 10.1. The highest BCUT2D eigenvalue weighted by Crippen LogP contribution is 2.20. The van der Waals surface area contributed by atoms with E-state index in [2.05, 4.69) is 31.2 Å². The van der Waals surface area contributed by atoms with Gasteiger partial charge in [0.15, 0.2) is 10.9 Å². The van der Waals surface area contributed by atoms with Gasteiger partial charge in [0.05, 0.1) is 5.75 Å². The van der Waals surface area contributed by atoms with E-state index in [4.69, 9.17) is 0 Å². The summed E-state index contributed by atoms with van der Waals surface area (Å²) in [6.45, 7) is 3.61. The van der Waals surface area contributed by atoms with Gasteiger partial charge in [0.2, 0.25) is 0 Å². The molecule has 0 aliphatic heterocycles. The molecule has 23 heavy (non-hydrogen) atoms. The Hall–Kier alpha value is -1.52. The average molecular weight is 345 g/mol. The quantitative estimate of drug-likeness (QED) is 0.670. The fourth-order valence-electron chi connectivity index (χ4n) is 2.09. The summed E-state index contributed by atoms with van der Waals surface area (Å²) in [5.41, 5.74) is 4.57. The largest absolute Gasteiger partial charge is 0.293 e. The minimum absolute atomic E-state index is 0.00399. The summed E-state index contributed by atoms with van der Waals surface area (Å²) in [6, 6.07) is 16.1. The van der Waals surface area contributed by atoms with Crippen LogP contribution in [0, 0.1) is 6.92 Å². The molecule has 0 aromatic heterocycles. The van der Waals surface area contributed by atoms with Gasteiger partial charge in [-0.1, -0.05) is 60.3 Å². The normalized spacial score (nSPS) is 10.5. The molecule has 0 amide bonds. The second kappa shape index (κ2) is 8.94. The molecule has 2 aromatic rings. The molecule has 120 valence electrons. The second-order valence-corrected chi connectivity index (χ2v) is 7.46. The van der Waals surface area contributed by atoms with Gasteiger partial charge < -0.3 is 0 Å². The van der Waals surface area contributed by atoms with Crippen LogP contribution in [0.25, 0.3) is 0 Å².